The van der Waals surface area contributed by atoms with Gasteiger partial charge in [-0.1, -0.05) is 22.9 Å². The van der Waals surface area contributed by atoms with Crippen LogP contribution in [0.5, 0.6) is 0 Å². The molecule has 7 nitrogen and oxygen atoms in total. The number of piperidine rings is 1. The number of sulfone groups is 1. The summed E-state index contributed by atoms with van der Waals surface area (Å²) in [5.74, 6) is 0.222. The van der Waals surface area contributed by atoms with Crippen molar-refractivity contribution >= 4 is 37.4 Å². The number of amides is 1. The zero-order valence-electron chi connectivity index (χ0n) is 15.2. The maximum Gasteiger partial charge on any atom is 0.289 e. The Morgan fingerprint density at radius 3 is 2.32 bits per heavy atom. The lowest BCUT2D eigenvalue weighted by Crippen LogP contribution is -2.37. The second-order valence-electron chi connectivity index (χ2n) is 6.87. The smallest absolute Gasteiger partial charge is 0.289 e. The third-order valence-electron chi connectivity index (χ3n) is 4.89. The molecule has 1 fully saturated rings. The summed E-state index contributed by atoms with van der Waals surface area (Å²) in [5.41, 5.74) is -0.477. The van der Waals surface area contributed by atoms with Crippen LogP contribution in [-0.4, -0.2) is 37.2 Å². The van der Waals surface area contributed by atoms with Crippen molar-refractivity contribution < 1.29 is 18.1 Å². The van der Waals surface area contributed by atoms with Crippen molar-refractivity contribution in [3.8, 4) is 0 Å². The maximum atomic E-state index is 12.9. The molecule has 148 valence electrons. The molecule has 9 heteroatoms. The number of hydrogen-bond donors (Lipinski definition) is 0. The summed E-state index contributed by atoms with van der Waals surface area (Å²) in [7, 11) is -4.09. The predicted octanol–water partition coefficient (Wildman–Crippen LogP) is 4.06. The Morgan fingerprint density at radius 1 is 1.14 bits per heavy atom. The van der Waals surface area contributed by atoms with Gasteiger partial charge in [0.2, 0.25) is 9.84 Å². The standard InChI is InChI=1S/C19H19BrN2O5S/c1-13-8-10-21(11-9-13)19(23)14-2-7-18(17(12-14)22(24)25)28(26,27)16-5-3-15(20)4-6-16/h2-7,12-13H,8-11H2,1H3. The van der Waals surface area contributed by atoms with Gasteiger partial charge >= 0.3 is 0 Å². The Hall–Kier alpha value is -2.26. The molecule has 0 N–H and O–H groups in total. The van der Waals surface area contributed by atoms with Crippen molar-refractivity contribution in [2.24, 2.45) is 5.92 Å². The largest absolute Gasteiger partial charge is 0.339 e. The van der Waals surface area contributed by atoms with Gasteiger partial charge in [0.05, 0.1) is 9.82 Å². The number of carbonyl (C=O) groups is 1. The van der Waals surface area contributed by atoms with Gasteiger partial charge in [0.25, 0.3) is 11.6 Å². The molecule has 0 aromatic heterocycles. The highest BCUT2D eigenvalue weighted by atomic mass is 79.9. The number of benzene rings is 2. The van der Waals surface area contributed by atoms with Crippen LogP contribution in [0.15, 0.2) is 56.7 Å². The number of carbonyl (C=O) groups excluding carboxylic acids is 1. The first-order valence-corrected chi connectivity index (χ1v) is 11.1. The molecule has 0 unspecified atom stereocenters. The van der Waals surface area contributed by atoms with E-state index < -0.39 is 25.3 Å². The summed E-state index contributed by atoms with van der Waals surface area (Å²) in [6.07, 6.45) is 1.76. The van der Waals surface area contributed by atoms with Gasteiger partial charge in [-0.2, -0.15) is 0 Å². The van der Waals surface area contributed by atoms with Crippen LogP contribution < -0.4 is 0 Å². The van der Waals surface area contributed by atoms with E-state index in [9.17, 15) is 23.3 Å². The third kappa shape index (κ3) is 4.10. The number of rotatable bonds is 4. The fourth-order valence-corrected chi connectivity index (χ4v) is 4.82. The van der Waals surface area contributed by atoms with Gasteiger partial charge < -0.3 is 4.90 Å². The van der Waals surface area contributed by atoms with E-state index in [4.69, 9.17) is 0 Å². The van der Waals surface area contributed by atoms with Crippen molar-refractivity contribution in [1.29, 1.82) is 0 Å². The van der Waals surface area contributed by atoms with E-state index >= 15 is 0 Å². The molecule has 1 saturated heterocycles. The molecule has 2 aromatic rings. The number of halogens is 1. The van der Waals surface area contributed by atoms with Gasteiger partial charge in [-0.25, -0.2) is 8.42 Å². The molecule has 0 saturated carbocycles. The number of nitrogens with zero attached hydrogens (tertiary/aromatic N) is 2. The molecule has 0 atom stereocenters. The Kier molecular flexibility index (Phi) is 5.85. The zero-order valence-corrected chi connectivity index (χ0v) is 17.6. The Morgan fingerprint density at radius 2 is 1.75 bits per heavy atom. The average Bonchev–Trinajstić information content (AvgIpc) is 2.68. The van der Waals surface area contributed by atoms with E-state index in [2.05, 4.69) is 22.9 Å². The van der Waals surface area contributed by atoms with E-state index in [1.165, 1.54) is 18.2 Å². The first kappa shape index (κ1) is 20.5. The summed E-state index contributed by atoms with van der Waals surface area (Å²) in [6.45, 7) is 3.30. The van der Waals surface area contributed by atoms with Crippen molar-refractivity contribution in [3.63, 3.8) is 0 Å². The molecule has 1 aliphatic rings. The molecule has 0 aliphatic carbocycles. The lowest BCUT2D eigenvalue weighted by atomic mass is 9.98. The molecule has 28 heavy (non-hydrogen) atoms. The van der Waals surface area contributed by atoms with Crippen LogP contribution in [0.1, 0.15) is 30.1 Å². The molecular weight excluding hydrogens is 448 g/mol. The van der Waals surface area contributed by atoms with Crippen LogP contribution in [-0.2, 0) is 9.84 Å². The highest BCUT2D eigenvalue weighted by molar-refractivity contribution is 9.10. The van der Waals surface area contributed by atoms with E-state index in [1.54, 1.807) is 17.0 Å². The topological polar surface area (TPSA) is 97.6 Å². The quantitative estimate of drug-likeness (QED) is 0.499. The second kappa shape index (κ2) is 8.00. The number of nitro groups is 1. The van der Waals surface area contributed by atoms with Crippen LogP contribution in [0.2, 0.25) is 0 Å². The lowest BCUT2D eigenvalue weighted by Gasteiger charge is -2.30. The Labute approximate surface area is 171 Å². The average molecular weight is 467 g/mol. The zero-order chi connectivity index (χ0) is 20.5. The fraction of sp³-hybridized carbons (Fsp3) is 0.316. The first-order valence-electron chi connectivity index (χ1n) is 8.78. The SMILES string of the molecule is CC1CCN(C(=O)c2ccc(S(=O)(=O)c3ccc(Br)cc3)c([N+](=O)[O-])c2)CC1. The van der Waals surface area contributed by atoms with Crippen LogP contribution in [0, 0.1) is 16.0 Å². The van der Waals surface area contributed by atoms with Crippen molar-refractivity contribution in [1.82, 2.24) is 4.90 Å². The van der Waals surface area contributed by atoms with Crippen molar-refractivity contribution in [2.45, 2.75) is 29.6 Å². The summed E-state index contributed by atoms with van der Waals surface area (Å²) < 4.78 is 26.4. The molecule has 1 aliphatic heterocycles. The summed E-state index contributed by atoms with van der Waals surface area (Å²) >= 11 is 3.23. The second-order valence-corrected chi connectivity index (χ2v) is 9.71. The Balaban J connectivity index is 1.99. The van der Waals surface area contributed by atoms with E-state index in [0.29, 0.717) is 23.5 Å². The molecule has 1 heterocycles. The van der Waals surface area contributed by atoms with Crippen LogP contribution in [0.25, 0.3) is 0 Å². The van der Waals surface area contributed by atoms with E-state index in [1.807, 2.05) is 0 Å². The van der Waals surface area contributed by atoms with Crippen LogP contribution >= 0.6 is 15.9 Å². The Bertz CT molecular complexity index is 1010. The minimum atomic E-state index is -4.09. The van der Waals surface area contributed by atoms with Crippen molar-refractivity contribution in [2.75, 3.05) is 13.1 Å². The van der Waals surface area contributed by atoms with E-state index in [-0.39, 0.29) is 16.4 Å². The van der Waals surface area contributed by atoms with Crippen LogP contribution in [0.3, 0.4) is 0 Å². The molecule has 0 bridgehead atoms. The minimum Gasteiger partial charge on any atom is -0.339 e. The van der Waals surface area contributed by atoms with Gasteiger partial charge in [-0.05, 0) is 55.2 Å². The summed E-state index contributed by atoms with van der Waals surface area (Å²) in [4.78, 5) is 24.7. The summed E-state index contributed by atoms with van der Waals surface area (Å²) in [5, 5.41) is 11.6. The molecule has 2 aromatic carbocycles. The highest BCUT2D eigenvalue weighted by Gasteiger charge is 2.30. The molecule has 0 spiro atoms. The van der Waals surface area contributed by atoms with Crippen LogP contribution in [0.4, 0.5) is 5.69 Å². The van der Waals surface area contributed by atoms with E-state index in [0.717, 1.165) is 25.0 Å². The normalized spacial score (nSPS) is 15.4. The van der Waals surface area contributed by atoms with Gasteiger partial charge in [0.15, 0.2) is 0 Å². The molecule has 0 radical (unpaired) electrons. The number of likely N-dealkylation sites (tertiary alicyclic amines) is 1. The minimum absolute atomic E-state index is 0.0529. The third-order valence-corrected chi connectivity index (χ3v) is 7.23. The van der Waals surface area contributed by atoms with Gasteiger partial charge in [-0.15, -0.1) is 0 Å². The predicted molar refractivity (Wildman–Crippen MR) is 107 cm³/mol. The lowest BCUT2D eigenvalue weighted by molar-refractivity contribution is -0.387. The fourth-order valence-electron chi connectivity index (χ4n) is 3.16. The highest BCUT2D eigenvalue weighted by Crippen LogP contribution is 2.31. The van der Waals surface area contributed by atoms with Gasteiger partial charge in [0.1, 0.15) is 4.90 Å². The monoisotopic (exact) mass is 466 g/mol. The molecule has 1 amide bonds. The van der Waals surface area contributed by atoms with Crippen molar-refractivity contribution in [3.05, 3.63) is 62.6 Å². The van der Waals surface area contributed by atoms with Gasteiger partial charge in [-0.3, -0.25) is 14.9 Å². The molecular formula is C19H19BrN2O5S. The summed E-state index contributed by atoms with van der Waals surface area (Å²) in [6, 6.07) is 9.40. The number of nitro benzene ring substituents is 1. The molecule has 3 rings (SSSR count). The van der Waals surface area contributed by atoms with Gasteiger partial charge in [0, 0.05) is 29.2 Å². The maximum absolute atomic E-state index is 12.9. The first-order chi connectivity index (χ1) is 13.2. The number of hydrogen-bond acceptors (Lipinski definition) is 5.